The van der Waals surface area contributed by atoms with Gasteiger partial charge in [0.15, 0.2) is 0 Å². The van der Waals surface area contributed by atoms with Crippen LogP contribution in [-0.4, -0.2) is 29.2 Å². The fourth-order valence-corrected chi connectivity index (χ4v) is 1.96. The molecule has 0 spiro atoms. The van der Waals surface area contributed by atoms with Crippen molar-refractivity contribution >= 4 is 0 Å². The molecular weight excluding hydrogens is 229 g/mol. The van der Waals surface area contributed by atoms with Gasteiger partial charge < -0.3 is 0 Å². The average molecular weight is 244 g/mol. The summed E-state index contributed by atoms with van der Waals surface area (Å²) in [5.74, 6) is 0. The van der Waals surface area contributed by atoms with Crippen LogP contribution in [0.5, 0.6) is 0 Å². The predicted molar refractivity (Wildman–Crippen MR) is 35.2 cm³/mol. The monoisotopic (exact) mass is 244 g/mol. The molecule has 0 fully saturated rings. The number of nitrogens with one attached hydrogen (secondary N) is 1. The van der Waals surface area contributed by atoms with E-state index in [2.05, 4.69) is 17.2 Å². The molecule has 9 heavy (non-hydrogen) atoms. The number of halogens is 1. The van der Waals surface area contributed by atoms with Crippen molar-refractivity contribution in [3.05, 3.63) is 0 Å². The first-order chi connectivity index (χ1) is 4.26. The molecule has 0 rings (SSSR count). The molecule has 0 aromatic carbocycles. The summed E-state index contributed by atoms with van der Waals surface area (Å²) in [7, 11) is 3.68. The third-order valence-electron chi connectivity index (χ3n) is 1.30. The predicted octanol–water partition coefficient (Wildman–Crippen LogP) is -2.71. The first kappa shape index (κ1) is 9.65. The van der Waals surface area contributed by atoms with Gasteiger partial charge in [-0.05, 0) is 0 Å². The molecule has 1 N–H and O–H groups in total. The van der Waals surface area contributed by atoms with Gasteiger partial charge in [-0.25, -0.2) is 0 Å². The normalized spacial score (nSPS) is 17.8. The molecule has 0 saturated carbocycles. The third kappa shape index (κ3) is 3.37. The number of alkyl halides is 2. The summed E-state index contributed by atoms with van der Waals surface area (Å²) >= 11 is 0.304. The number of hydrogen-bond donors (Lipinski definition) is 1. The van der Waals surface area contributed by atoms with Gasteiger partial charge in [-0.3, -0.25) is 0 Å². The van der Waals surface area contributed by atoms with Crippen molar-refractivity contribution < 1.29 is 25.9 Å². The van der Waals surface area contributed by atoms with Crippen LogP contribution >= 0.6 is 0 Å². The maximum absolute atomic E-state index is 5.17. The molecule has 2 nitrogen and oxygen atoms in total. The second-order valence-electron chi connectivity index (χ2n) is 1.84. The quantitative estimate of drug-likeness (QED) is 0.330. The molecule has 2 atom stereocenters. The Bertz CT molecular complexity index is 66.1. The van der Waals surface area contributed by atoms with Crippen molar-refractivity contribution in [2.45, 2.75) is 17.1 Å². The summed E-state index contributed by atoms with van der Waals surface area (Å²) in [5.41, 5.74) is 0. The van der Waals surface area contributed by atoms with E-state index < -0.39 is 0 Å². The minimum atomic E-state index is 0.266. The topological polar surface area (TPSA) is 21.3 Å². The van der Waals surface area contributed by atoms with Crippen molar-refractivity contribution in [3.63, 3.8) is 0 Å². The Kier molecular flexibility index (Phi) is 5.83. The zero-order valence-corrected chi connectivity index (χ0v) is 8.60. The van der Waals surface area contributed by atoms with E-state index in [1.54, 1.807) is 7.11 Å². The summed E-state index contributed by atoms with van der Waals surface area (Å²) in [6.07, 6.45) is 0.266. The van der Waals surface area contributed by atoms with Crippen LogP contribution in [-0.2, 0) is 4.74 Å². The van der Waals surface area contributed by atoms with Gasteiger partial charge in [0.2, 0.25) is 0 Å². The van der Waals surface area contributed by atoms with E-state index in [0.717, 1.165) is 0 Å². The molecule has 0 aromatic rings. The molecule has 0 aliphatic rings. The molecule has 3 heteroatoms. The fraction of sp³-hybridized carbons (Fsp3) is 1.00. The molecule has 0 aliphatic carbocycles. The standard InChI is InChI=1S/C6H15INO/c1-5(7-2)6(8-3)9-4/h5-6,8H,1-4H3/q-1. The maximum atomic E-state index is 5.17. The van der Waals surface area contributed by atoms with Crippen LogP contribution in [0.2, 0.25) is 0 Å². The SMILES string of the molecule is CNC(OC)C(C)[I-]C. The van der Waals surface area contributed by atoms with Gasteiger partial charge in [-0.2, -0.15) is 0 Å². The molecule has 0 aliphatic heterocycles. The molecule has 0 bridgehead atoms. The number of rotatable bonds is 4. The van der Waals surface area contributed by atoms with Crippen LogP contribution in [0.1, 0.15) is 6.92 Å². The summed E-state index contributed by atoms with van der Waals surface area (Å²) < 4.78 is 5.88. The van der Waals surface area contributed by atoms with E-state index in [0.29, 0.717) is 25.1 Å². The first-order valence-corrected chi connectivity index (χ1v) is 6.34. The molecule has 0 amide bonds. The van der Waals surface area contributed by atoms with Gasteiger partial charge in [-0.15, -0.1) is 0 Å². The number of ether oxygens (including phenoxy) is 1. The van der Waals surface area contributed by atoms with Crippen molar-refractivity contribution in [2.75, 3.05) is 19.1 Å². The Balaban J connectivity index is 3.50. The van der Waals surface area contributed by atoms with Crippen molar-refractivity contribution in [3.8, 4) is 0 Å². The Morgan fingerprint density at radius 2 is 2.11 bits per heavy atom. The zero-order chi connectivity index (χ0) is 7.28. The number of hydrogen-bond acceptors (Lipinski definition) is 2. The van der Waals surface area contributed by atoms with Crippen molar-refractivity contribution in [2.24, 2.45) is 0 Å². The second kappa shape index (κ2) is 5.44. The second-order valence-corrected chi connectivity index (χ2v) is 5.05. The fourth-order valence-electron chi connectivity index (χ4n) is 0.649. The first-order valence-electron chi connectivity index (χ1n) is 2.94. The van der Waals surface area contributed by atoms with Gasteiger partial charge in [0.1, 0.15) is 0 Å². The summed E-state index contributed by atoms with van der Waals surface area (Å²) in [4.78, 5) is 2.27. The Morgan fingerprint density at radius 1 is 1.56 bits per heavy atom. The summed E-state index contributed by atoms with van der Waals surface area (Å²) in [6.45, 7) is 2.22. The van der Waals surface area contributed by atoms with Crippen molar-refractivity contribution in [1.29, 1.82) is 0 Å². The minimum absolute atomic E-state index is 0.266. The van der Waals surface area contributed by atoms with Gasteiger partial charge in [0.25, 0.3) is 0 Å². The molecule has 2 unspecified atom stereocenters. The molecule has 0 aromatic heterocycles. The van der Waals surface area contributed by atoms with Gasteiger partial charge >= 0.3 is 67.4 Å². The molecule has 0 heterocycles. The van der Waals surface area contributed by atoms with Crippen LogP contribution in [0.15, 0.2) is 0 Å². The summed E-state index contributed by atoms with van der Waals surface area (Å²) in [5, 5.41) is 3.11. The van der Waals surface area contributed by atoms with E-state index >= 15 is 0 Å². The van der Waals surface area contributed by atoms with Crippen LogP contribution in [0.3, 0.4) is 0 Å². The van der Waals surface area contributed by atoms with E-state index in [4.69, 9.17) is 4.74 Å². The van der Waals surface area contributed by atoms with Crippen LogP contribution in [0.25, 0.3) is 0 Å². The Morgan fingerprint density at radius 3 is 2.22 bits per heavy atom. The van der Waals surface area contributed by atoms with Crippen LogP contribution in [0, 0.1) is 0 Å². The van der Waals surface area contributed by atoms with Crippen LogP contribution < -0.4 is 26.5 Å². The molecular formula is C6H15INO-. The van der Waals surface area contributed by atoms with Crippen molar-refractivity contribution in [1.82, 2.24) is 5.32 Å². The summed E-state index contributed by atoms with van der Waals surface area (Å²) in [6, 6.07) is 0. The molecule has 58 valence electrons. The van der Waals surface area contributed by atoms with E-state index in [-0.39, 0.29) is 6.23 Å². The van der Waals surface area contributed by atoms with E-state index in [9.17, 15) is 0 Å². The third-order valence-corrected chi connectivity index (χ3v) is 3.92. The molecule has 0 radical (unpaired) electrons. The zero-order valence-electron chi connectivity index (χ0n) is 6.44. The Hall–Kier alpha value is 0.650. The van der Waals surface area contributed by atoms with Gasteiger partial charge in [0.05, 0.1) is 0 Å². The van der Waals surface area contributed by atoms with Gasteiger partial charge in [-0.1, -0.05) is 0 Å². The van der Waals surface area contributed by atoms with E-state index in [1.165, 1.54) is 0 Å². The van der Waals surface area contributed by atoms with E-state index in [1.807, 2.05) is 7.05 Å². The van der Waals surface area contributed by atoms with Gasteiger partial charge in [0, 0.05) is 0 Å². The average Bonchev–Trinajstić information content (AvgIpc) is 1.90. The Labute approximate surface area is 67.6 Å². The van der Waals surface area contributed by atoms with Crippen LogP contribution in [0.4, 0.5) is 0 Å². The molecule has 0 saturated heterocycles. The number of methoxy groups -OCH3 is 1.